The quantitative estimate of drug-likeness (QED) is 0.811. The van der Waals surface area contributed by atoms with E-state index in [1.807, 2.05) is 0 Å². The van der Waals surface area contributed by atoms with Crippen molar-refractivity contribution in [1.82, 2.24) is 4.90 Å². The summed E-state index contributed by atoms with van der Waals surface area (Å²) in [7, 11) is 0. The van der Waals surface area contributed by atoms with Crippen molar-refractivity contribution < 1.29 is 4.74 Å². The van der Waals surface area contributed by atoms with Gasteiger partial charge in [0.25, 0.3) is 0 Å². The molecule has 1 fully saturated rings. The van der Waals surface area contributed by atoms with E-state index in [9.17, 15) is 0 Å². The highest BCUT2D eigenvalue weighted by molar-refractivity contribution is 5.01. The molecule has 0 amide bonds. The van der Waals surface area contributed by atoms with E-state index < -0.39 is 5.54 Å². The van der Waals surface area contributed by atoms with E-state index in [4.69, 9.17) is 15.7 Å². The van der Waals surface area contributed by atoms with Crippen molar-refractivity contribution in [3.63, 3.8) is 0 Å². The lowest BCUT2D eigenvalue weighted by Crippen LogP contribution is -2.57. The number of rotatable bonds is 3. The van der Waals surface area contributed by atoms with E-state index in [1.54, 1.807) is 6.92 Å². The Labute approximate surface area is 105 Å². The van der Waals surface area contributed by atoms with E-state index in [0.717, 1.165) is 19.6 Å². The van der Waals surface area contributed by atoms with Gasteiger partial charge in [0.15, 0.2) is 0 Å². The summed E-state index contributed by atoms with van der Waals surface area (Å²) < 4.78 is 6.01. The summed E-state index contributed by atoms with van der Waals surface area (Å²) in [4.78, 5) is 2.34. The molecule has 0 bridgehead atoms. The third kappa shape index (κ3) is 4.63. The Morgan fingerprint density at radius 3 is 2.18 bits per heavy atom. The largest absolute Gasteiger partial charge is 0.367 e. The van der Waals surface area contributed by atoms with Crippen molar-refractivity contribution in [3.8, 4) is 6.07 Å². The van der Waals surface area contributed by atoms with Gasteiger partial charge in [-0.25, -0.2) is 0 Å². The molecule has 4 nitrogen and oxygen atoms in total. The molecule has 1 heterocycles. The number of morpholine rings is 1. The van der Waals surface area contributed by atoms with Crippen molar-refractivity contribution in [2.24, 2.45) is 5.73 Å². The van der Waals surface area contributed by atoms with E-state index in [2.05, 4.69) is 38.7 Å². The van der Waals surface area contributed by atoms with Crippen molar-refractivity contribution in [1.29, 1.82) is 5.26 Å². The second kappa shape index (κ2) is 4.56. The predicted octanol–water partition coefficient (Wildman–Crippen LogP) is 1.51. The predicted molar refractivity (Wildman–Crippen MR) is 68.5 cm³/mol. The fourth-order valence-corrected chi connectivity index (χ4v) is 2.55. The van der Waals surface area contributed by atoms with Crippen LogP contribution < -0.4 is 5.73 Å². The van der Waals surface area contributed by atoms with Crippen LogP contribution in [0.2, 0.25) is 0 Å². The Morgan fingerprint density at radius 1 is 1.29 bits per heavy atom. The fourth-order valence-electron chi connectivity index (χ4n) is 2.55. The first-order valence-electron chi connectivity index (χ1n) is 6.18. The van der Waals surface area contributed by atoms with Crippen LogP contribution in [0.3, 0.4) is 0 Å². The molecule has 0 aromatic rings. The standard InChI is InChI=1S/C13H25N3O/c1-11(2)9-16(10-12(3,4)17-11)7-6-13(5,15)8-14/h6-7,9-10,15H2,1-5H3. The van der Waals surface area contributed by atoms with Gasteiger partial charge in [0, 0.05) is 19.6 Å². The van der Waals surface area contributed by atoms with Crippen LogP contribution in [0.1, 0.15) is 41.0 Å². The molecule has 4 heteroatoms. The molecular weight excluding hydrogens is 214 g/mol. The zero-order chi connectivity index (χ0) is 13.3. The lowest BCUT2D eigenvalue weighted by molar-refractivity contribution is -0.180. The normalized spacial score (nSPS) is 27.1. The Balaban J connectivity index is 2.58. The van der Waals surface area contributed by atoms with Gasteiger partial charge in [0.05, 0.1) is 17.3 Å². The van der Waals surface area contributed by atoms with Crippen LogP contribution in [0.5, 0.6) is 0 Å². The molecule has 0 radical (unpaired) electrons. The average Bonchev–Trinajstić information content (AvgIpc) is 2.10. The summed E-state index contributed by atoms with van der Waals surface area (Å²) >= 11 is 0. The molecule has 2 N–H and O–H groups in total. The summed E-state index contributed by atoms with van der Waals surface area (Å²) in [6.07, 6.45) is 0.690. The minimum absolute atomic E-state index is 0.139. The molecule has 0 saturated carbocycles. The smallest absolute Gasteiger partial charge is 0.102 e. The number of nitriles is 1. The van der Waals surface area contributed by atoms with Gasteiger partial charge in [-0.2, -0.15) is 5.26 Å². The second-order valence-corrected chi connectivity index (χ2v) is 6.61. The van der Waals surface area contributed by atoms with E-state index in [1.165, 1.54) is 0 Å². The highest BCUT2D eigenvalue weighted by Crippen LogP contribution is 2.28. The highest BCUT2D eigenvalue weighted by Gasteiger charge is 2.38. The van der Waals surface area contributed by atoms with Crippen LogP contribution in [0, 0.1) is 11.3 Å². The fraction of sp³-hybridized carbons (Fsp3) is 0.923. The van der Waals surface area contributed by atoms with Crippen molar-refractivity contribution in [2.75, 3.05) is 19.6 Å². The molecule has 98 valence electrons. The van der Waals surface area contributed by atoms with E-state index in [0.29, 0.717) is 6.42 Å². The van der Waals surface area contributed by atoms with Gasteiger partial charge in [-0.1, -0.05) is 0 Å². The third-order valence-electron chi connectivity index (χ3n) is 2.96. The van der Waals surface area contributed by atoms with Gasteiger partial charge >= 0.3 is 0 Å². The maximum absolute atomic E-state index is 8.91. The zero-order valence-electron chi connectivity index (χ0n) is 11.7. The lowest BCUT2D eigenvalue weighted by Gasteiger charge is -2.47. The van der Waals surface area contributed by atoms with Crippen molar-refractivity contribution in [3.05, 3.63) is 0 Å². The molecule has 1 aliphatic rings. The van der Waals surface area contributed by atoms with Crippen LogP contribution >= 0.6 is 0 Å². The monoisotopic (exact) mass is 239 g/mol. The number of nitrogens with two attached hydrogens (primary N) is 1. The molecular formula is C13H25N3O. The number of ether oxygens (including phenoxy) is 1. The van der Waals surface area contributed by atoms with Crippen molar-refractivity contribution >= 4 is 0 Å². The first-order chi connectivity index (χ1) is 7.55. The maximum atomic E-state index is 8.91. The van der Waals surface area contributed by atoms with Crippen LogP contribution in [-0.2, 0) is 4.74 Å². The number of hydrogen-bond donors (Lipinski definition) is 1. The Bertz CT molecular complexity index is 299. The van der Waals surface area contributed by atoms with E-state index >= 15 is 0 Å². The lowest BCUT2D eigenvalue weighted by atomic mass is 9.96. The average molecular weight is 239 g/mol. The minimum Gasteiger partial charge on any atom is -0.367 e. The van der Waals surface area contributed by atoms with Gasteiger partial charge in [-0.05, 0) is 41.0 Å². The van der Waals surface area contributed by atoms with Gasteiger partial charge in [0.1, 0.15) is 5.54 Å². The van der Waals surface area contributed by atoms with Crippen molar-refractivity contribution in [2.45, 2.75) is 57.8 Å². The first-order valence-corrected chi connectivity index (χ1v) is 6.18. The molecule has 0 aromatic heterocycles. The van der Waals surface area contributed by atoms with Crippen LogP contribution in [-0.4, -0.2) is 41.3 Å². The summed E-state index contributed by atoms with van der Waals surface area (Å²) in [6, 6.07) is 2.14. The highest BCUT2D eigenvalue weighted by atomic mass is 16.5. The molecule has 1 atom stereocenters. The summed E-state index contributed by atoms with van der Waals surface area (Å²) in [5.74, 6) is 0. The first kappa shape index (κ1) is 14.4. The molecule has 0 aromatic carbocycles. The molecule has 0 spiro atoms. The Kier molecular flexibility index (Phi) is 3.87. The molecule has 1 saturated heterocycles. The topological polar surface area (TPSA) is 62.3 Å². The van der Waals surface area contributed by atoms with Crippen LogP contribution in [0.4, 0.5) is 0 Å². The Morgan fingerprint density at radius 2 is 1.76 bits per heavy atom. The SMILES string of the molecule is CC(N)(C#N)CCN1CC(C)(C)OC(C)(C)C1. The van der Waals surface area contributed by atoms with E-state index in [-0.39, 0.29) is 11.2 Å². The van der Waals surface area contributed by atoms with Gasteiger partial charge in [0.2, 0.25) is 0 Å². The second-order valence-electron chi connectivity index (χ2n) is 6.61. The molecule has 1 unspecified atom stereocenters. The third-order valence-corrected chi connectivity index (χ3v) is 2.96. The molecule has 17 heavy (non-hydrogen) atoms. The molecule has 0 aliphatic carbocycles. The maximum Gasteiger partial charge on any atom is 0.102 e. The summed E-state index contributed by atoms with van der Waals surface area (Å²) in [5, 5.41) is 8.91. The summed E-state index contributed by atoms with van der Waals surface area (Å²) in [5.41, 5.74) is 4.84. The number of nitrogens with zero attached hydrogens (tertiary/aromatic N) is 2. The minimum atomic E-state index is -0.730. The van der Waals surface area contributed by atoms with Crippen LogP contribution in [0.25, 0.3) is 0 Å². The van der Waals surface area contributed by atoms with Gasteiger partial charge in [-0.15, -0.1) is 0 Å². The summed E-state index contributed by atoms with van der Waals surface area (Å²) in [6.45, 7) is 12.8. The van der Waals surface area contributed by atoms with Crippen LogP contribution in [0.15, 0.2) is 0 Å². The molecule has 1 aliphatic heterocycles. The van der Waals surface area contributed by atoms with Gasteiger partial charge < -0.3 is 10.5 Å². The number of hydrogen-bond acceptors (Lipinski definition) is 4. The zero-order valence-corrected chi connectivity index (χ0v) is 11.7. The Hall–Kier alpha value is -0.630. The van der Waals surface area contributed by atoms with Gasteiger partial charge in [-0.3, -0.25) is 4.90 Å². The molecule has 1 rings (SSSR count).